The average molecular weight is 394 g/mol. The van der Waals surface area contributed by atoms with Gasteiger partial charge in [-0.3, -0.25) is 14.4 Å². The second kappa shape index (κ2) is 8.83. The van der Waals surface area contributed by atoms with Crippen molar-refractivity contribution in [2.75, 3.05) is 5.32 Å². The Kier molecular flexibility index (Phi) is 6.77. The molecule has 0 aromatic heterocycles. The molecule has 0 bridgehead atoms. The summed E-state index contributed by atoms with van der Waals surface area (Å²) in [7, 11) is 0. The van der Waals surface area contributed by atoms with E-state index in [-0.39, 0.29) is 12.2 Å². The lowest BCUT2D eigenvalue weighted by atomic mass is 10.1. The number of rotatable bonds is 6. The fourth-order valence-corrected chi connectivity index (χ4v) is 2.73. The molecule has 136 valence electrons. The zero-order valence-corrected chi connectivity index (χ0v) is 15.7. The average Bonchev–Trinajstić information content (AvgIpc) is 2.58. The van der Waals surface area contributed by atoms with Crippen LogP contribution in [0.1, 0.15) is 29.8 Å². The lowest BCUT2D eigenvalue weighted by Gasteiger charge is -2.14. The van der Waals surface area contributed by atoms with Gasteiger partial charge < -0.3 is 10.1 Å². The van der Waals surface area contributed by atoms with Crippen LogP contribution in [-0.2, 0) is 20.7 Å². The van der Waals surface area contributed by atoms with Gasteiger partial charge in [0.25, 0.3) is 5.91 Å². The van der Waals surface area contributed by atoms with Gasteiger partial charge in [0.15, 0.2) is 11.9 Å². The van der Waals surface area contributed by atoms with Crippen LogP contribution in [0.5, 0.6) is 0 Å². The number of carbonyl (C=O) groups excluding carboxylic acids is 3. The number of esters is 1. The Morgan fingerprint density at radius 3 is 2.31 bits per heavy atom. The summed E-state index contributed by atoms with van der Waals surface area (Å²) < 4.78 is 5.14. The topological polar surface area (TPSA) is 72.5 Å². The SMILES string of the molecule is CC(=O)c1cccc(NC(=O)[C@H](C)OC(=O)Cc2c(Cl)cccc2Cl)c1. The highest BCUT2D eigenvalue weighted by atomic mass is 35.5. The van der Waals surface area contributed by atoms with Crippen molar-refractivity contribution in [1.29, 1.82) is 0 Å². The highest BCUT2D eigenvalue weighted by Crippen LogP contribution is 2.25. The minimum atomic E-state index is -1.02. The summed E-state index contributed by atoms with van der Waals surface area (Å²) >= 11 is 12.0. The highest BCUT2D eigenvalue weighted by molar-refractivity contribution is 6.36. The zero-order valence-electron chi connectivity index (χ0n) is 14.2. The number of anilines is 1. The lowest BCUT2D eigenvalue weighted by molar-refractivity contribution is -0.152. The van der Waals surface area contributed by atoms with E-state index in [1.807, 2.05) is 0 Å². The molecule has 0 saturated heterocycles. The molecule has 0 fully saturated rings. The molecule has 0 spiro atoms. The van der Waals surface area contributed by atoms with Crippen LogP contribution >= 0.6 is 23.2 Å². The maximum Gasteiger partial charge on any atom is 0.311 e. The molecular formula is C19H17Cl2NO4. The van der Waals surface area contributed by atoms with E-state index in [1.54, 1.807) is 42.5 Å². The van der Waals surface area contributed by atoms with E-state index in [0.29, 0.717) is 26.9 Å². The predicted octanol–water partition coefficient (Wildman–Crippen LogP) is 4.31. The van der Waals surface area contributed by atoms with Crippen LogP contribution in [0.25, 0.3) is 0 Å². The molecule has 1 N–H and O–H groups in total. The summed E-state index contributed by atoms with van der Waals surface area (Å²) in [4.78, 5) is 35.6. The number of hydrogen-bond donors (Lipinski definition) is 1. The number of benzene rings is 2. The maximum absolute atomic E-state index is 12.2. The maximum atomic E-state index is 12.2. The molecule has 0 heterocycles. The van der Waals surface area contributed by atoms with Gasteiger partial charge in [-0.15, -0.1) is 0 Å². The molecule has 2 aromatic rings. The van der Waals surface area contributed by atoms with Crippen LogP contribution in [0.15, 0.2) is 42.5 Å². The van der Waals surface area contributed by atoms with Crippen LogP contribution in [0.3, 0.4) is 0 Å². The van der Waals surface area contributed by atoms with E-state index in [9.17, 15) is 14.4 Å². The third-order valence-electron chi connectivity index (χ3n) is 3.60. The first-order valence-electron chi connectivity index (χ1n) is 7.82. The number of carbonyl (C=O) groups is 3. The quantitative estimate of drug-likeness (QED) is 0.586. The Bertz CT molecular complexity index is 831. The van der Waals surface area contributed by atoms with E-state index < -0.39 is 18.0 Å². The molecule has 1 atom stereocenters. The monoisotopic (exact) mass is 393 g/mol. The van der Waals surface area contributed by atoms with Gasteiger partial charge in [0.2, 0.25) is 0 Å². The summed E-state index contributed by atoms with van der Waals surface area (Å²) in [6.07, 6.45) is -1.17. The first-order chi connectivity index (χ1) is 12.3. The number of ketones is 1. The molecule has 2 aromatic carbocycles. The van der Waals surface area contributed by atoms with E-state index in [2.05, 4.69) is 5.32 Å². The Labute approximate surface area is 161 Å². The van der Waals surface area contributed by atoms with E-state index in [0.717, 1.165) is 0 Å². The van der Waals surface area contributed by atoms with Crippen LogP contribution in [-0.4, -0.2) is 23.8 Å². The molecule has 0 saturated carbocycles. The Hall–Kier alpha value is -2.37. The van der Waals surface area contributed by atoms with Crippen LogP contribution in [0.4, 0.5) is 5.69 Å². The number of amides is 1. The van der Waals surface area contributed by atoms with Gasteiger partial charge in [-0.25, -0.2) is 0 Å². The minimum absolute atomic E-state index is 0.114. The third kappa shape index (κ3) is 5.31. The van der Waals surface area contributed by atoms with Gasteiger partial charge >= 0.3 is 5.97 Å². The van der Waals surface area contributed by atoms with Gasteiger partial charge in [-0.05, 0) is 38.1 Å². The molecule has 0 aliphatic carbocycles. The third-order valence-corrected chi connectivity index (χ3v) is 4.31. The number of Topliss-reactive ketones (excluding diaryl/α,β-unsaturated/α-hetero) is 1. The molecule has 0 aliphatic rings. The van der Waals surface area contributed by atoms with Gasteiger partial charge in [-0.1, -0.05) is 41.4 Å². The second-order valence-electron chi connectivity index (χ2n) is 5.64. The second-order valence-corrected chi connectivity index (χ2v) is 6.45. The summed E-state index contributed by atoms with van der Waals surface area (Å²) in [5.74, 6) is -1.25. The largest absolute Gasteiger partial charge is 0.452 e. The van der Waals surface area contributed by atoms with Crippen molar-refractivity contribution in [3.8, 4) is 0 Å². The van der Waals surface area contributed by atoms with Gasteiger partial charge in [0.1, 0.15) is 0 Å². The van der Waals surface area contributed by atoms with Crippen LogP contribution < -0.4 is 5.32 Å². The fraction of sp³-hybridized carbons (Fsp3) is 0.211. The standard InChI is InChI=1S/C19H17Cl2NO4/c1-11(23)13-5-3-6-14(9-13)22-19(25)12(2)26-18(24)10-15-16(20)7-4-8-17(15)21/h3-9,12H,10H2,1-2H3,(H,22,25)/t12-/m0/s1. The van der Waals surface area contributed by atoms with Crippen molar-refractivity contribution >= 4 is 46.5 Å². The summed E-state index contributed by atoms with van der Waals surface area (Å²) in [5.41, 5.74) is 1.36. The van der Waals surface area contributed by atoms with E-state index in [1.165, 1.54) is 13.8 Å². The Morgan fingerprint density at radius 2 is 1.69 bits per heavy atom. The number of hydrogen-bond acceptors (Lipinski definition) is 4. The lowest BCUT2D eigenvalue weighted by Crippen LogP contribution is -2.30. The molecule has 1 amide bonds. The number of nitrogens with one attached hydrogen (secondary N) is 1. The smallest absolute Gasteiger partial charge is 0.311 e. The zero-order chi connectivity index (χ0) is 19.3. The van der Waals surface area contributed by atoms with Crippen LogP contribution in [0.2, 0.25) is 10.0 Å². The summed E-state index contributed by atoms with van der Waals surface area (Å²) in [6, 6.07) is 11.4. The highest BCUT2D eigenvalue weighted by Gasteiger charge is 2.20. The Balaban J connectivity index is 1.97. The Morgan fingerprint density at radius 1 is 1.08 bits per heavy atom. The summed E-state index contributed by atoms with van der Waals surface area (Å²) in [6.45, 7) is 2.89. The molecule has 0 radical (unpaired) electrons. The van der Waals surface area contributed by atoms with Crippen molar-refractivity contribution in [1.82, 2.24) is 0 Å². The summed E-state index contributed by atoms with van der Waals surface area (Å²) in [5, 5.41) is 3.32. The first kappa shape index (κ1) is 19.9. The van der Waals surface area contributed by atoms with Crippen LogP contribution in [0, 0.1) is 0 Å². The predicted molar refractivity (Wildman–Crippen MR) is 101 cm³/mol. The van der Waals surface area contributed by atoms with Crippen molar-refractivity contribution < 1.29 is 19.1 Å². The van der Waals surface area contributed by atoms with Crippen molar-refractivity contribution in [2.45, 2.75) is 26.4 Å². The molecular weight excluding hydrogens is 377 g/mol. The number of halogens is 2. The van der Waals surface area contributed by atoms with Gasteiger partial charge in [-0.2, -0.15) is 0 Å². The van der Waals surface area contributed by atoms with Gasteiger partial charge in [0, 0.05) is 26.9 Å². The van der Waals surface area contributed by atoms with E-state index in [4.69, 9.17) is 27.9 Å². The molecule has 2 rings (SSSR count). The van der Waals surface area contributed by atoms with Crippen molar-refractivity contribution in [2.24, 2.45) is 0 Å². The fourth-order valence-electron chi connectivity index (χ4n) is 2.20. The molecule has 0 unspecified atom stereocenters. The molecule has 7 heteroatoms. The van der Waals surface area contributed by atoms with Gasteiger partial charge in [0.05, 0.1) is 6.42 Å². The minimum Gasteiger partial charge on any atom is -0.452 e. The molecule has 26 heavy (non-hydrogen) atoms. The van der Waals surface area contributed by atoms with Crippen molar-refractivity contribution in [3.63, 3.8) is 0 Å². The van der Waals surface area contributed by atoms with E-state index >= 15 is 0 Å². The first-order valence-corrected chi connectivity index (χ1v) is 8.57. The number of ether oxygens (including phenoxy) is 1. The molecule has 0 aliphatic heterocycles. The van der Waals surface area contributed by atoms with Crippen molar-refractivity contribution in [3.05, 3.63) is 63.6 Å². The normalized spacial score (nSPS) is 11.5. The molecule has 5 nitrogen and oxygen atoms in total.